The van der Waals surface area contributed by atoms with Gasteiger partial charge in [0.05, 0.1) is 14.2 Å². The summed E-state index contributed by atoms with van der Waals surface area (Å²) in [5.41, 5.74) is -0.180. The first-order valence-electron chi connectivity index (χ1n) is 5.79. The van der Waals surface area contributed by atoms with Crippen LogP contribution >= 0.6 is 0 Å². The predicted octanol–water partition coefficient (Wildman–Crippen LogP) is 3.43. The van der Waals surface area contributed by atoms with E-state index < -0.39 is 23.2 Å². The molecule has 0 aliphatic carbocycles. The van der Waals surface area contributed by atoms with Crippen molar-refractivity contribution < 1.29 is 23.0 Å². The van der Waals surface area contributed by atoms with Crippen molar-refractivity contribution in [2.75, 3.05) is 14.2 Å². The van der Waals surface area contributed by atoms with Gasteiger partial charge in [0.2, 0.25) is 0 Å². The zero-order valence-corrected chi connectivity index (χ0v) is 10.9. The monoisotopic (exact) mass is 278 g/mol. The van der Waals surface area contributed by atoms with Gasteiger partial charge < -0.3 is 9.47 Å². The molecular formula is C15H12F2O3. The number of hydrogen-bond acceptors (Lipinski definition) is 3. The lowest BCUT2D eigenvalue weighted by molar-refractivity contribution is 0.0596. The van der Waals surface area contributed by atoms with Crippen LogP contribution in [0.25, 0.3) is 11.1 Å². The van der Waals surface area contributed by atoms with E-state index in [-0.39, 0.29) is 5.56 Å². The first-order valence-corrected chi connectivity index (χ1v) is 5.79. The number of rotatable bonds is 3. The smallest absolute Gasteiger partial charge is 0.341 e. The van der Waals surface area contributed by atoms with Crippen molar-refractivity contribution in [2.45, 2.75) is 0 Å². The first-order chi connectivity index (χ1) is 9.58. The maximum absolute atomic E-state index is 14.0. The van der Waals surface area contributed by atoms with Gasteiger partial charge in [-0.2, -0.15) is 0 Å². The van der Waals surface area contributed by atoms with Crippen molar-refractivity contribution >= 4 is 5.97 Å². The summed E-state index contributed by atoms with van der Waals surface area (Å²) < 4.78 is 37.3. The molecule has 0 heterocycles. The lowest BCUT2D eigenvalue weighted by Crippen LogP contribution is -2.08. The summed E-state index contributed by atoms with van der Waals surface area (Å²) in [6, 6.07) is 8.16. The van der Waals surface area contributed by atoms with E-state index >= 15 is 0 Å². The van der Waals surface area contributed by atoms with Gasteiger partial charge in [-0.05, 0) is 29.8 Å². The number of carbonyl (C=O) groups is 1. The topological polar surface area (TPSA) is 35.5 Å². The van der Waals surface area contributed by atoms with Crippen LogP contribution in [-0.4, -0.2) is 20.2 Å². The maximum atomic E-state index is 14.0. The molecule has 0 radical (unpaired) electrons. The molecule has 2 rings (SSSR count). The van der Waals surface area contributed by atoms with Gasteiger partial charge in [-0.3, -0.25) is 0 Å². The molecule has 0 saturated carbocycles. The van der Waals surface area contributed by atoms with Crippen LogP contribution in [0.5, 0.6) is 5.75 Å². The summed E-state index contributed by atoms with van der Waals surface area (Å²) in [6.07, 6.45) is 0. The fraction of sp³-hybridized carbons (Fsp3) is 0.133. The fourth-order valence-electron chi connectivity index (χ4n) is 1.89. The zero-order chi connectivity index (χ0) is 14.7. The summed E-state index contributed by atoms with van der Waals surface area (Å²) in [6.45, 7) is 0. The van der Waals surface area contributed by atoms with Crippen molar-refractivity contribution in [1.82, 2.24) is 0 Å². The van der Waals surface area contributed by atoms with E-state index in [9.17, 15) is 13.6 Å². The highest BCUT2D eigenvalue weighted by atomic mass is 19.1. The van der Waals surface area contributed by atoms with E-state index in [1.54, 1.807) is 24.3 Å². The van der Waals surface area contributed by atoms with Crippen molar-refractivity contribution in [3.63, 3.8) is 0 Å². The normalized spacial score (nSPS) is 10.2. The second kappa shape index (κ2) is 5.69. The highest BCUT2D eigenvalue weighted by Crippen LogP contribution is 2.30. The third kappa shape index (κ3) is 2.47. The third-order valence-corrected chi connectivity index (χ3v) is 2.87. The number of halogens is 2. The zero-order valence-electron chi connectivity index (χ0n) is 10.9. The van der Waals surface area contributed by atoms with Gasteiger partial charge in [0.15, 0.2) is 0 Å². The van der Waals surface area contributed by atoms with Gasteiger partial charge in [0.25, 0.3) is 0 Å². The molecule has 3 nitrogen and oxygen atoms in total. The Morgan fingerprint density at radius 3 is 2.10 bits per heavy atom. The molecule has 0 unspecified atom stereocenters. The molecule has 2 aromatic rings. The van der Waals surface area contributed by atoms with Crippen LogP contribution in [0, 0.1) is 11.6 Å². The molecule has 0 aliphatic rings. The van der Waals surface area contributed by atoms with Crippen LogP contribution in [0.3, 0.4) is 0 Å². The van der Waals surface area contributed by atoms with E-state index in [1.165, 1.54) is 7.11 Å². The van der Waals surface area contributed by atoms with Crippen molar-refractivity contribution in [1.29, 1.82) is 0 Å². The third-order valence-electron chi connectivity index (χ3n) is 2.87. The number of benzene rings is 2. The molecule has 0 aromatic heterocycles. The lowest BCUT2D eigenvalue weighted by atomic mass is 9.98. The molecule has 0 amide bonds. The number of hydrogen-bond donors (Lipinski definition) is 0. The number of carbonyl (C=O) groups excluding carboxylic acids is 1. The van der Waals surface area contributed by atoms with Crippen LogP contribution < -0.4 is 4.74 Å². The molecular weight excluding hydrogens is 266 g/mol. The standard InChI is InChI=1S/C15H12F2O3/c1-19-10-5-3-9(4-6-10)13-11(16)7-8-12(17)14(13)15(18)20-2/h3-8H,1-2H3. The second-order valence-corrected chi connectivity index (χ2v) is 4.00. The van der Waals surface area contributed by atoms with Gasteiger partial charge in [0.1, 0.15) is 22.9 Å². The second-order valence-electron chi connectivity index (χ2n) is 4.00. The Balaban J connectivity index is 2.65. The largest absolute Gasteiger partial charge is 0.497 e. The molecule has 2 aromatic carbocycles. The van der Waals surface area contributed by atoms with E-state index in [2.05, 4.69) is 4.74 Å². The summed E-state index contributed by atoms with van der Waals surface area (Å²) in [5, 5.41) is 0. The van der Waals surface area contributed by atoms with Gasteiger partial charge in [-0.15, -0.1) is 0 Å². The predicted molar refractivity (Wildman–Crippen MR) is 69.7 cm³/mol. The molecule has 0 atom stereocenters. The fourth-order valence-corrected chi connectivity index (χ4v) is 1.89. The highest BCUT2D eigenvalue weighted by Gasteiger charge is 2.22. The van der Waals surface area contributed by atoms with Gasteiger partial charge in [0, 0.05) is 5.56 Å². The molecule has 0 spiro atoms. The van der Waals surface area contributed by atoms with Gasteiger partial charge >= 0.3 is 5.97 Å². The Kier molecular flexibility index (Phi) is 3.98. The van der Waals surface area contributed by atoms with Gasteiger partial charge in [-0.1, -0.05) is 12.1 Å². The molecule has 0 fully saturated rings. The molecule has 5 heteroatoms. The minimum absolute atomic E-state index is 0.125. The quantitative estimate of drug-likeness (QED) is 0.807. The van der Waals surface area contributed by atoms with E-state index in [4.69, 9.17) is 4.74 Å². The summed E-state index contributed by atoms with van der Waals surface area (Å²) in [4.78, 5) is 11.7. The van der Waals surface area contributed by atoms with Crippen molar-refractivity contribution in [2.24, 2.45) is 0 Å². The van der Waals surface area contributed by atoms with E-state index in [1.807, 2.05) is 0 Å². The highest BCUT2D eigenvalue weighted by molar-refractivity contribution is 5.97. The molecule has 104 valence electrons. The Morgan fingerprint density at radius 2 is 1.55 bits per heavy atom. The minimum atomic E-state index is -0.923. The Hall–Kier alpha value is -2.43. The van der Waals surface area contributed by atoms with Crippen LogP contribution in [0.4, 0.5) is 8.78 Å². The average Bonchev–Trinajstić information content (AvgIpc) is 2.48. The van der Waals surface area contributed by atoms with Gasteiger partial charge in [-0.25, -0.2) is 13.6 Å². The molecule has 0 N–H and O–H groups in total. The number of methoxy groups -OCH3 is 2. The van der Waals surface area contributed by atoms with Crippen LogP contribution in [0.2, 0.25) is 0 Å². The van der Waals surface area contributed by atoms with Crippen molar-refractivity contribution in [3.8, 4) is 16.9 Å². The van der Waals surface area contributed by atoms with E-state index in [0.717, 1.165) is 19.2 Å². The lowest BCUT2D eigenvalue weighted by Gasteiger charge is -2.11. The maximum Gasteiger partial charge on any atom is 0.341 e. The summed E-state index contributed by atoms with van der Waals surface area (Å²) in [5.74, 6) is -1.88. The Morgan fingerprint density at radius 1 is 0.950 bits per heavy atom. The molecule has 0 bridgehead atoms. The average molecular weight is 278 g/mol. The van der Waals surface area contributed by atoms with E-state index in [0.29, 0.717) is 11.3 Å². The summed E-state index contributed by atoms with van der Waals surface area (Å²) in [7, 11) is 2.61. The Labute approximate surface area is 114 Å². The van der Waals surface area contributed by atoms with Crippen molar-refractivity contribution in [3.05, 3.63) is 53.6 Å². The van der Waals surface area contributed by atoms with Crippen LogP contribution in [0.15, 0.2) is 36.4 Å². The van der Waals surface area contributed by atoms with Crippen LogP contribution in [-0.2, 0) is 4.74 Å². The SMILES string of the molecule is COC(=O)c1c(F)ccc(F)c1-c1ccc(OC)cc1. The number of esters is 1. The molecule has 20 heavy (non-hydrogen) atoms. The summed E-state index contributed by atoms with van der Waals surface area (Å²) >= 11 is 0. The molecule has 0 saturated heterocycles. The van der Waals surface area contributed by atoms with Crippen LogP contribution in [0.1, 0.15) is 10.4 Å². The number of ether oxygens (including phenoxy) is 2. The first kappa shape index (κ1) is 14.0. The Bertz CT molecular complexity index is 636. The minimum Gasteiger partial charge on any atom is -0.497 e. The molecule has 0 aliphatic heterocycles.